The van der Waals surface area contributed by atoms with Crippen molar-refractivity contribution >= 4 is 29.2 Å². The summed E-state index contributed by atoms with van der Waals surface area (Å²) in [6.45, 7) is -0.523. The van der Waals surface area contributed by atoms with Gasteiger partial charge in [0.15, 0.2) is 17.6 Å². The number of carbonyl (C=O) groups is 2. The molecule has 0 bridgehead atoms. The van der Waals surface area contributed by atoms with E-state index in [-0.39, 0.29) is 11.0 Å². The van der Waals surface area contributed by atoms with E-state index in [1.54, 1.807) is 16.8 Å². The highest BCUT2D eigenvalue weighted by Gasteiger charge is 2.21. The number of amides is 1. The third-order valence-corrected chi connectivity index (χ3v) is 4.49. The molecule has 2 aromatic heterocycles. The zero-order valence-corrected chi connectivity index (χ0v) is 16.9. The molecule has 0 atom stereocenters. The number of pyridine rings is 1. The van der Waals surface area contributed by atoms with Crippen LogP contribution in [0.3, 0.4) is 0 Å². The molecule has 0 saturated carbocycles. The standard InChI is InChI=1S/C22H16ClN5O3/c23-19-17(12-7-13-24-19)25-18(29)14-31-22(30)20-26-21(15-8-3-1-4-9-15)28(27-20)16-10-5-2-6-11-16/h1-13H,14H2,(H,25,29). The summed E-state index contributed by atoms with van der Waals surface area (Å²) in [4.78, 5) is 32.8. The Morgan fingerprint density at radius 3 is 2.39 bits per heavy atom. The molecule has 1 amide bonds. The van der Waals surface area contributed by atoms with Gasteiger partial charge in [0.2, 0.25) is 0 Å². The molecule has 0 saturated heterocycles. The van der Waals surface area contributed by atoms with Gasteiger partial charge in [0.05, 0.1) is 11.4 Å². The molecular weight excluding hydrogens is 418 g/mol. The van der Waals surface area contributed by atoms with Gasteiger partial charge in [-0.2, -0.15) is 0 Å². The number of nitrogens with one attached hydrogen (secondary N) is 1. The quantitative estimate of drug-likeness (QED) is 0.367. The molecule has 8 nitrogen and oxygen atoms in total. The first-order valence-electron chi connectivity index (χ1n) is 9.27. The van der Waals surface area contributed by atoms with E-state index >= 15 is 0 Å². The highest BCUT2D eigenvalue weighted by atomic mass is 35.5. The maximum absolute atomic E-state index is 12.5. The average Bonchev–Trinajstić information content (AvgIpc) is 3.26. The lowest BCUT2D eigenvalue weighted by Crippen LogP contribution is -2.21. The van der Waals surface area contributed by atoms with Gasteiger partial charge in [0.25, 0.3) is 11.7 Å². The molecular formula is C22H16ClN5O3. The molecule has 0 fully saturated rings. The molecule has 1 N–H and O–H groups in total. The summed E-state index contributed by atoms with van der Waals surface area (Å²) in [5.74, 6) is -1.06. The molecule has 9 heteroatoms. The van der Waals surface area contributed by atoms with Crippen molar-refractivity contribution < 1.29 is 14.3 Å². The van der Waals surface area contributed by atoms with Crippen molar-refractivity contribution in [2.75, 3.05) is 11.9 Å². The SMILES string of the molecule is O=C(COC(=O)c1nc(-c2ccccc2)n(-c2ccccc2)n1)Nc1cccnc1Cl. The van der Waals surface area contributed by atoms with Crippen LogP contribution in [-0.4, -0.2) is 38.2 Å². The minimum atomic E-state index is -0.820. The van der Waals surface area contributed by atoms with E-state index in [4.69, 9.17) is 16.3 Å². The molecule has 154 valence electrons. The van der Waals surface area contributed by atoms with Crippen LogP contribution in [0.1, 0.15) is 10.6 Å². The van der Waals surface area contributed by atoms with Crippen LogP contribution in [0.5, 0.6) is 0 Å². The van der Waals surface area contributed by atoms with Gasteiger partial charge in [-0.3, -0.25) is 4.79 Å². The van der Waals surface area contributed by atoms with Gasteiger partial charge in [0, 0.05) is 11.8 Å². The largest absolute Gasteiger partial charge is 0.450 e. The molecule has 0 radical (unpaired) electrons. The zero-order valence-electron chi connectivity index (χ0n) is 16.1. The van der Waals surface area contributed by atoms with Gasteiger partial charge >= 0.3 is 5.97 Å². The van der Waals surface area contributed by atoms with Gasteiger partial charge in [-0.25, -0.2) is 19.4 Å². The fourth-order valence-corrected chi connectivity index (χ4v) is 2.95. The molecule has 2 aromatic carbocycles. The fraction of sp³-hybridized carbons (Fsp3) is 0.0455. The molecule has 0 aliphatic heterocycles. The van der Waals surface area contributed by atoms with Crippen LogP contribution in [-0.2, 0) is 9.53 Å². The Labute approximate surface area is 182 Å². The van der Waals surface area contributed by atoms with Crippen LogP contribution in [0.15, 0.2) is 79.0 Å². The van der Waals surface area contributed by atoms with E-state index < -0.39 is 18.5 Å². The number of aromatic nitrogens is 4. The number of halogens is 1. The predicted octanol–water partition coefficient (Wildman–Crippen LogP) is 3.78. The second-order valence-corrected chi connectivity index (χ2v) is 6.70. The van der Waals surface area contributed by atoms with Gasteiger partial charge in [0.1, 0.15) is 0 Å². The minimum absolute atomic E-state index is 0.137. The molecule has 0 aliphatic rings. The molecule has 0 aliphatic carbocycles. The lowest BCUT2D eigenvalue weighted by atomic mass is 10.2. The first-order chi connectivity index (χ1) is 15.1. The Hall–Kier alpha value is -4.04. The number of nitrogens with zero attached hydrogens (tertiary/aromatic N) is 4. The summed E-state index contributed by atoms with van der Waals surface area (Å²) in [7, 11) is 0. The maximum atomic E-state index is 12.5. The first-order valence-corrected chi connectivity index (χ1v) is 9.65. The molecule has 31 heavy (non-hydrogen) atoms. The number of esters is 1. The summed E-state index contributed by atoms with van der Waals surface area (Å²) in [6, 6.07) is 21.9. The number of rotatable bonds is 6. The summed E-state index contributed by atoms with van der Waals surface area (Å²) >= 11 is 5.91. The van der Waals surface area contributed by atoms with Crippen molar-refractivity contribution in [2.45, 2.75) is 0 Å². The van der Waals surface area contributed by atoms with Gasteiger partial charge < -0.3 is 10.1 Å². The lowest BCUT2D eigenvalue weighted by molar-refractivity contribution is -0.119. The second-order valence-electron chi connectivity index (χ2n) is 6.34. The molecule has 0 unspecified atom stereocenters. The van der Waals surface area contributed by atoms with Crippen molar-refractivity contribution in [2.24, 2.45) is 0 Å². The molecule has 2 heterocycles. The number of benzene rings is 2. The van der Waals surface area contributed by atoms with E-state index in [1.807, 2.05) is 60.7 Å². The van der Waals surface area contributed by atoms with Crippen LogP contribution in [0, 0.1) is 0 Å². The van der Waals surface area contributed by atoms with E-state index in [2.05, 4.69) is 20.4 Å². The first kappa shape index (κ1) is 20.2. The van der Waals surface area contributed by atoms with Crippen LogP contribution >= 0.6 is 11.6 Å². The normalized spacial score (nSPS) is 10.5. The van der Waals surface area contributed by atoms with Crippen molar-refractivity contribution in [1.82, 2.24) is 19.7 Å². The molecule has 4 rings (SSSR count). The highest BCUT2D eigenvalue weighted by Crippen LogP contribution is 2.21. The van der Waals surface area contributed by atoms with Gasteiger partial charge in [-0.1, -0.05) is 60.1 Å². The van der Waals surface area contributed by atoms with E-state index in [0.29, 0.717) is 11.5 Å². The number of hydrogen-bond donors (Lipinski definition) is 1. The predicted molar refractivity (Wildman–Crippen MR) is 115 cm³/mol. The van der Waals surface area contributed by atoms with Crippen molar-refractivity contribution in [3.63, 3.8) is 0 Å². The Kier molecular flexibility index (Phi) is 6.00. The summed E-state index contributed by atoms with van der Waals surface area (Å²) in [6.07, 6.45) is 1.50. The van der Waals surface area contributed by atoms with Crippen LogP contribution < -0.4 is 5.32 Å². The van der Waals surface area contributed by atoms with Crippen molar-refractivity contribution in [3.8, 4) is 17.1 Å². The Balaban J connectivity index is 1.52. The fourth-order valence-electron chi connectivity index (χ4n) is 2.78. The minimum Gasteiger partial charge on any atom is -0.450 e. The lowest BCUT2D eigenvalue weighted by Gasteiger charge is -2.06. The van der Waals surface area contributed by atoms with Crippen molar-refractivity contribution in [3.05, 3.63) is 90.0 Å². The van der Waals surface area contributed by atoms with Crippen LogP contribution in [0.2, 0.25) is 5.15 Å². The van der Waals surface area contributed by atoms with E-state index in [1.165, 1.54) is 6.20 Å². The average molecular weight is 434 g/mol. The maximum Gasteiger partial charge on any atom is 0.378 e. The second kappa shape index (κ2) is 9.19. The highest BCUT2D eigenvalue weighted by molar-refractivity contribution is 6.32. The monoisotopic (exact) mass is 433 g/mol. The Bertz CT molecular complexity index is 1160. The zero-order chi connectivity index (χ0) is 21.6. The van der Waals surface area contributed by atoms with Crippen molar-refractivity contribution in [1.29, 1.82) is 0 Å². The number of hydrogen-bond acceptors (Lipinski definition) is 6. The smallest absolute Gasteiger partial charge is 0.378 e. The Morgan fingerprint density at radius 1 is 0.968 bits per heavy atom. The van der Waals surface area contributed by atoms with Crippen LogP contribution in [0.25, 0.3) is 17.1 Å². The molecule has 4 aromatic rings. The number of para-hydroxylation sites is 1. The summed E-state index contributed by atoms with van der Waals surface area (Å²) < 4.78 is 6.65. The molecule has 0 spiro atoms. The van der Waals surface area contributed by atoms with Gasteiger partial charge in [-0.15, -0.1) is 5.10 Å². The number of ether oxygens (including phenoxy) is 1. The van der Waals surface area contributed by atoms with E-state index in [0.717, 1.165) is 11.3 Å². The van der Waals surface area contributed by atoms with Gasteiger partial charge in [-0.05, 0) is 24.3 Å². The third-order valence-electron chi connectivity index (χ3n) is 4.19. The summed E-state index contributed by atoms with van der Waals surface area (Å²) in [5.41, 5.74) is 1.83. The third kappa shape index (κ3) is 4.76. The number of anilines is 1. The van der Waals surface area contributed by atoms with Crippen LogP contribution in [0.4, 0.5) is 5.69 Å². The van der Waals surface area contributed by atoms with E-state index in [9.17, 15) is 9.59 Å². The topological polar surface area (TPSA) is 99.0 Å². The summed E-state index contributed by atoms with van der Waals surface area (Å²) in [5, 5.41) is 6.97. The number of carbonyl (C=O) groups excluding carboxylic acids is 2. The Morgan fingerprint density at radius 2 is 1.68 bits per heavy atom.